The standard InChI is InChI=1S/C42H72N8O9/c1-10-27(4)36(45-37(54)30(43-6)22-26(2)3)42(59)47(8)28(5)38(55)50-21-18-32(50)41(58)48(9)33(23-29-16-12-11-13-17-29)40(57)46(7)25-34(51)44-31(24-35(52)53)39(56)49-19-14-15-20-49/h26-33,36,43H,10-25H2,1-9H3,(H,44,51)(H,45,54)(H,52,53)/t27-,28-,30-,31-,32-,33-,36-/m0/s1. The van der Waals surface area contributed by atoms with Crippen LogP contribution in [-0.4, -0.2) is 168 Å². The van der Waals surface area contributed by atoms with E-state index in [-0.39, 0.29) is 30.2 Å². The van der Waals surface area contributed by atoms with Gasteiger partial charge in [0.2, 0.25) is 41.4 Å². The van der Waals surface area contributed by atoms with Crippen LogP contribution in [0.25, 0.3) is 0 Å². The van der Waals surface area contributed by atoms with Crippen molar-refractivity contribution in [3.05, 3.63) is 0 Å². The van der Waals surface area contributed by atoms with Crippen molar-refractivity contribution in [1.29, 1.82) is 0 Å². The molecule has 7 atom stereocenters. The molecule has 0 aromatic heterocycles. The van der Waals surface area contributed by atoms with E-state index in [1.54, 1.807) is 14.0 Å². The number of rotatable bonds is 21. The van der Waals surface area contributed by atoms with Gasteiger partial charge in [-0.1, -0.05) is 66.2 Å². The average molecular weight is 833 g/mol. The van der Waals surface area contributed by atoms with Gasteiger partial charge >= 0.3 is 5.97 Å². The van der Waals surface area contributed by atoms with E-state index in [0.717, 1.165) is 44.9 Å². The van der Waals surface area contributed by atoms with Crippen LogP contribution < -0.4 is 16.0 Å². The Labute approximate surface area is 350 Å². The second kappa shape index (κ2) is 22.9. The van der Waals surface area contributed by atoms with Gasteiger partial charge in [0.15, 0.2) is 0 Å². The second-order valence-electron chi connectivity index (χ2n) is 17.5. The van der Waals surface area contributed by atoms with E-state index >= 15 is 0 Å². The van der Waals surface area contributed by atoms with Gasteiger partial charge < -0.3 is 45.6 Å². The number of likely N-dealkylation sites (N-methyl/N-ethyl adjacent to an activating group) is 4. The van der Waals surface area contributed by atoms with Gasteiger partial charge in [0, 0.05) is 40.8 Å². The molecule has 0 bridgehead atoms. The summed E-state index contributed by atoms with van der Waals surface area (Å²) in [7, 11) is 6.20. The summed E-state index contributed by atoms with van der Waals surface area (Å²) < 4.78 is 0. The largest absolute Gasteiger partial charge is 0.481 e. The minimum absolute atomic E-state index is 0.166. The average Bonchev–Trinajstić information content (AvgIpc) is 3.73. The lowest BCUT2D eigenvalue weighted by atomic mass is 9.84. The zero-order chi connectivity index (χ0) is 44.1. The summed E-state index contributed by atoms with van der Waals surface area (Å²) in [5, 5.41) is 17.9. The van der Waals surface area contributed by atoms with Crippen molar-refractivity contribution in [3.63, 3.8) is 0 Å². The molecule has 0 aromatic carbocycles. The van der Waals surface area contributed by atoms with Gasteiger partial charge in [-0.25, -0.2) is 0 Å². The van der Waals surface area contributed by atoms with Crippen LogP contribution in [0.3, 0.4) is 0 Å². The molecule has 1 saturated carbocycles. The van der Waals surface area contributed by atoms with Crippen molar-refractivity contribution in [2.24, 2.45) is 17.8 Å². The number of hydrogen-bond acceptors (Lipinski definition) is 9. The summed E-state index contributed by atoms with van der Waals surface area (Å²) in [6.45, 7) is 10.2. The van der Waals surface area contributed by atoms with Gasteiger partial charge in [-0.2, -0.15) is 0 Å². The molecule has 1 aliphatic carbocycles. The normalized spacial score (nSPS) is 20.0. The maximum atomic E-state index is 14.2. The van der Waals surface area contributed by atoms with Crippen LogP contribution in [0.2, 0.25) is 0 Å². The fraction of sp³-hybridized carbons (Fsp3) is 0.810. The third-order valence-electron chi connectivity index (χ3n) is 12.6. The first-order valence-electron chi connectivity index (χ1n) is 21.7. The Hall–Kier alpha value is -4.28. The number of nitrogens with zero attached hydrogens (tertiary/aromatic N) is 5. The third-order valence-corrected chi connectivity index (χ3v) is 12.6. The molecule has 0 spiro atoms. The maximum absolute atomic E-state index is 14.2. The Kier molecular flexibility index (Phi) is 19.1. The highest BCUT2D eigenvalue weighted by molar-refractivity contribution is 5.97. The quantitative estimate of drug-likeness (QED) is 0.131. The molecule has 0 aromatic rings. The number of amides is 7. The molecule has 2 saturated heterocycles. The molecule has 0 radical (unpaired) electrons. The molecule has 17 heteroatoms. The van der Waals surface area contributed by atoms with E-state index in [0.29, 0.717) is 38.8 Å². The Morgan fingerprint density at radius 3 is 1.92 bits per heavy atom. The molecule has 3 aliphatic rings. The maximum Gasteiger partial charge on any atom is 0.305 e. The first kappa shape index (κ1) is 49.1. The highest BCUT2D eigenvalue weighted by Crippen LogP contribution is 2.30. The zero-order valence-electron chi connectivity index (χ0n) is 37.0. The van der Waals surface area contributed by atoms with Gasteiger partial charge in [-0.05, 0) is 63.8 Å². The molecule has 7 amide bonds. The highest BCUT2D eigenvalue weighted by Gasteiger charge is 2.45. The predicted octanol–water partition coefficient (Wildman–Crippen LogP) is 1.44. The van der Waals surface area contributed by atoms with Crippen LogP contribution >= 0.6 is 0 Å². The van der Waals surface area contributed by atoms with Gasteiger partial charge in [0.25, 0.3) is 0 Å². The number of hydrogen-bond donors (Lipinski definition) is 4. The molecule has 0 unspecified atom stereocenters. The Morgan fingerprint density at radius 2 is 1.39 bits per heavy atom. The van der Waals surface area contributed by atoms with Gasteiger partial charge in [0.1, 0.15) is 30.2 Å². The SMILES string of the molecule is CC[C@H](C)[C@H](NC(=O)[C@H](CC(C)C)NC)C(=O)N(C)[C@@H](C)C(=O)N1CC[C@H]1C(=O)N(C)[C@@H](CC1CCCCC1)C(=O)N(C)CC(=O)N[C@@H](CC(=O)O)C(=O)N1CCCC1. The van der Waals surface area contributed by atoms with Gasteiger partial charge in [-0.3, -0.25) is 38.4 Å². The number of carboxylic acids is 1. The minimum atomic E-state index is -1.28. The third kappa shape index (κ3) is 13.4. The van der Waals surface area contributed by atoms with E-state index in [2.05, 4.69) is 16.0 Å². The molecule has 3 fully saturated rings. The Bertz CT molecular complexity index is 1500. The highest BCUT2D eigenvalue weighted by atomic mass is 16.4. The predicted molar refractivity (Wildman–Crippen MR) is 221 cm³/mol. The number of likely N-dealkylation sites (tertiary alicyclic amines) is 2. The first-order valence-corrected chi connectivity index (χ1v) is 21.7. The number of carbonyl (C=O) groups is 8. The molecule has 3 rings (SSSR count). The summed E-state index contributed by atoms with van der Waals surface area (Å²) in [6, 6.07) is -5.38. The molecule has 2 heterocycles. The van der Waals surface area contributed by atoms with Crippen molar-refractivity contribution in [3.8, 4) is 0 Å². The lowest BCUT2D eigenvalue weighted by molar-refractivity contribution is -0.160. The summed E-state index contributed by atoms with van der Waals surface area (Å²) >= 11 is 0. The van der Waals surface area contributed by atoms with Crippen LogP contribution in [0.4, 0.5) is 0 Å². The zero-order valence-corrected chi connectivity index (χ0v) is 37.0. The van der Waals surface area contributed by atoms with Gasteiger partial charge in [0.05, 0.1) is 19.0 Å². The molecule has 4 N–H and O–H groups in total. The van der Waals surface area contributed by atoms with Crippen molar-refractivity contribution in [2.45, 2.75) is 148 Å². The monoisotopic (exact) mass is 833 g/mol. The van der Waals surface area contributed by atoms with E-state index in [1.165, 1.54) is 45.6 Å². The van der Waals surface area contributed by atoms with Crippen LogP contribution in [0.15, 0.2) is 0 Å². The van der Waals surface area contributed by atoms with E-state index < -0.39 is 90.6 Å². The molecule has 2 aliphatic heterocycles. The number of carbonyl (C=O) groups excluding carboxylic acids is 7. The Morgan fingerprint density at radius 1 is 0.763 bits per heavy atom. The number of aliphatic carboxylic acids is 1. The smallest absolute Gasteiger partial charge is 0.305 e. The summed E-state index contributed by atoms with van der Waals surface area (Å²) in [6.07, 6.45) is 7.80. The van der Waals surface area contributed by atoms with Crippen LogP contribution in [0, 0.1) is 17.8 Å². The van der Waals surface area contributed by atoms with Crippen molar-refractivity contribution in [2.75, 3.05) is 54.4 Å². The van der Waals surface area contributed by atoms with Crippen molar-refractivity contribution < 1.29 is 43.5 Å². The van der Waals surface area contributed by atoms with E-state index in [1.807, 2.05) is 27.7 Å². The number of carboxylic acid groups (broad SMARTS) is 1. The van der Waals surface area contributed by atoms with Crippen molar-refractivity contribution >= 4 is 47.3 Å². The summed E-state index contributed by atoms with van der Waals surface area (Å²) in [4.78, 5) is 114. The molecular weight excluding hydrogens is 761 g/mol. The summed E-state index contributed by atoms with van der Waals surface area (Å²) in [5.74, 6) is -4.24. The lowest BCUT2D eigenvalue weighted by Gasteiger charge is -2.45. The van der Waals surface area contributed by atoms with Crippen molar-refractivity contribution in [1.82, 2.24) is 40.4 Å². The lowest BCUT2D eigenvalue weighted by Crippen LogP contribution is -2.65. The second-order valence-corrected chi connectivity index (χ2v) is 17.5. The van der Waals surface area contributed by atoms with Gasteiger partial charge in [-0.15, -0.1) is 0 Å². The fourth-order valence-corrected chi connectivity index (χ4v) is 8.36. The van der Waals surface area contributed by atoms with Crippen LogP contribution in [0.5, 0.6) is 0 Å². The molecule has 17 nitrogen and oxygen atoms in total. The first-order chi connectivity index (χ1) is 27.8. The molecule has 59 heavy (non-hydrogen) atoms. The van der Waals surface area contributed by atoms with Crippen LogP contribution in [0.1, 0.15) is 112 Å². The fourth-order valence-electron chi connectivity index (χ4n) is 8.36. The topological polar surface area (TPSA) is 209 Å². The Balaban J connectivity index is 1.74. The number of nitrogens with one attached hydrogen (secondary N) is 3. The molecular formula is C42H72N8O9. The van der Waals surface area contributed by atoms with Crippen LogP contribution in [-0.2, 0) is 38.4 Å². The minimum Gasteiger partial charge on any atom is -0.481 e. The summed E-state index contributed by atoms with van der Waals surface area (Å²) in [5.41, 5.74) is 0. The van der Waals surface area contributed by atoms with E-state index in [9.17, 15) is 43.5 Å². The van der Waals surface area contributed by atoms with E-state index in [4.69, 9.17) is 0 Å². The molecule has 334 valence electrons.